The van der Waals surface area contributed by atoms with E-state index in [0.717, 1.165) is 31.1 Å². The van der Waals surface area contributed by atoms with E-state index in [1.54, 1.807) is 18.3 Å². The average Bonchev–Trinajstić information content (AvgIpc) is 3.09. The molecule has 4 nitrogen and oxygen atoms in total. The third-order valence-corrected chi connectivity index (χ3v) is 5.49. The van der Waals surface area contributed by atoms with Crippen molar-refractivity contribution in [2.45, 2.75) is 58.2 Å². The number of hydrogen-bond acceptors (Lipinski definition) is 4. The minimum Gasteiger partial charge on any atom is -0.338 e. The second-order valence-corrected chi connectivity index (χ2v) is 7.27. The highest BCUT2D eigenvalue weighted by molar-refractivity contribution is 7.11. The molecule has 110 valence electrons. The van der Waals surface area contributed by atoms with E-state index in [9.17, 15) is 4.79 Å². The summed E-state index contributed by atoms with van der Waals surface area (Å²) in [5.74, 6) is 0.244. The van der Waals surface area contributed by atoms with Gasteiger partial charge in [0.25, 0.3) is 0 Å². The van der Waals surface area contributed by atoms with Gasteiger partial charge in [-0.25, -0.2) is 4.98 Å². The molecule has 0 unspecified atom stereocenters. The van der Waals surface area contributed by atoms with Crippen LogP contribution >= 0.6 is 11.3 Å². The average molecular weight is 293 g/mol. The van der Waals surface area contributed by atoms with Gasteiger partial charge in [-0.3, -0.25) is 9.69 Å². The number of carbonyl (C=O) groups is 1. The molecule has 0 aromatic carbocycles. The van der Waals surface area contributed by atoms with Crippen LogP contribution in [0.2, 0.25) is 0 Å². The number of carbonyl (C=O) groups excluding carboxylic acids is 1. The Bertz CT molecular complexity index is 487. The topological polar surface area (TPSA) is 36.4 Å². The molecule has 2 fully saturated rings. The molecule has 0 saturated carbocycles. The summed E-state index contributed by atoms with van der Waals surface area (Å²) in [4.78, 5) is 22.1. The lowest BCUT2D eigenvalue weighted by Crippen LogP contribution is -2.47. The second kappa shape index (κ2) is 5.82. The molecular weight excluding hydrogens is 270 g/mol. The molecule has 2 aliphatic rings. The number of amides is 1. The van der Waals surface area contributed by atoms with Crippen molar-refractivity contribution in [2.24, 2.45) is 0 Å². The first-order valence-corrected chi connectivity index (χ1v) is 8.39. The summed E-state index contributed by atoms with van der Waals surface area (Å²) in [7, 11) is 0. The summed E-state index contributed by atoms with van der Waals surface area (Å²) in [5.41, 5.74) is 0. The van der Waals surface area contributed by atoms with Gasteiger partial charge in [-0.1, -0.05) is 0 Å². The third kappa shape index (κ3) is 2.74. The highest BCUT2D eigenvalue weighted by Crippen LogP contribution is 2.31. The second-order valence-electron chi connectivity index (χ2n) is 5.95. The molecule has 2 aliphatic heterocycles. The molecule has 0 bridgehead atoms. The molecule has 0 aliphatic carbocycles. The number of aryl methyl sites for hydroxylation is 1. The zero-order chi connectivity index (χ0) is 14.1. The third-order valence-electron chi connectivity index (χ3n) is 4.59. The molecule has 3 heterocycles. The fourth-order valence-electron chi connectivity index (χ4n) is 3.75. The van der Waals surface area contributed by atoms with E-state index in [0.29, 0.717) is 12.1 Å². The quantitative estimate of drug-likeness (QED) is 0.859. The Kier molecular flexibility index (Phi) is 4.08. The van der Waals surface area contributed by atoms with Crippen molar-refractivity contribution in [1.29, 1.82) is 0 Å². The number of likely N-dealkylation sites (tertiary alicyclic amines) is 2. The van der Waals surface area contributed by atoms with Crippen LogP contribution < -0.4 is 0 Å². The van der Waals surface area contributed by atoms with Crippen LogP contribution in [-0.4, -0.2) is 45.9 Å². The van der Waals surface area contributed by atoms with Crippen LogP contribution in [0, 0.1) is 6.92 Å². The number of thiazole rings is 1. The van der Waals surface area contributed by atoms with E-state index < -0.39 is 0 Å². The first-order chi connectivity index (χ1) is 9.65. The predicted molar refractivity (Wildman–Crippen MR) is 80.7 cm³/mol. The van der Waals surface area contributed by atoms with Crippen LogP contribution in [0.25, 0.3) is 0 Å². The van der Waals surface area contributed by atoms with E-state index in [4.69, 9.17) is 0 Å². The standard InChI is InChI=1S/C15H23N3OS/c1-11-16-9-13(20-11)10-17-7-3-5-14(17)15-6-4-8-18(15)12(2)19/h9,14-15H,3-8,10H2,1-2H3/t14-,15+/m1/s1. The SMILES string of the molecule is CC(=O)N1CCC[C@H]1[C@H]1CCCN1Cc1cnc(C)s1. The molecule has 0 N–H and O–H groups in total. The fourth-order valence-corrected chi connectivity index (χ4v) is 4.57. The van der Waals surface area contributed by atoms with Crippen molar-refractivity contribution >= 4 is 17.2 Å². The summed E-state index contributed by atoms with van der Waals surface area (Å²) in [6.45, 7) is 6.88. The van der Waals surface area contributed by atoms with E-state index >= 15 is 0 Å². The van der Waals surface area contributed by atoms with Gasteiger partial charge in [-0.15, -0.1) is 11.3 Å². The monoisotopic (exact) mass is 293 g/mol. The molecule has 2 saturated heterocycles. The maximum atomic E-state index is 11.8. The highest BCUT2D eigenvalue weighted by atomic mass is 32.1. The molecular formula is C15H23N3OS. The molecule has 0 spiro atoms. The molecule has 1 amide bonds. The summed E-state index contributed by atoms with van der Waals surface area (Å²) in [6, 6.07) is 0.979. The van der Waals surface area contributed by atoms with Gasteiger partial charge in [0, 0.05) is 43.2 Å². The first kappa shape index (κ1) is 14.0. The van der Waals surface area contributed by atoms with Gasteiger partial charge in [0.1, 0.15) is 0 Å². The van der Waals surface area contributed by atoms with Gasteiger partial charge in [0.05, 0.1) is 5.01 Å². The van der Waals surface area contributed by atoms with Crippen molar-refractivity contribution in [2.75, 3.05) is 13.1 Å². The summed E-state index contributed by atoms with van der Waals surface area (Å²) in [6.07, 6.45) is 6.82. The van der Waals surface area contributed by atoms with Gasteiger partial charge < -0.3 is 4.90 Å². The number of hydrogen-bond donors (Lipinski definition) is 0. The van der Waals surface area contributed by atoms with Crippen LogP contribution in [0.15, 0.2) is 6.20 Å². The summed E-state index contributed by atoms with van der Waals surface area (Å²) in [5, 5.41) is 1.14. The number of aromatic nitrogens is 1. The first-order valence-electron chi connectivity index (χ1n) is 7.57. The van der Waals surface area contributed by atoms with Gasteiger partial charge >= 0.3 is 0 Å². The zero-order valence-electron chi connectivity index (χ0n) is 12.3. The van der Waals surface area contributed by atoms with E-state index in [-0.39, 0.29) is 5.91 Å². The van der Waals surface area contributed by atoms with Gasteiger partial charge in [0.15, 0.2) is 0 Å². The summed E-state index contributed by atoms with van der Waals surface area (Å²) < 4.78 is 0. The minimum absolute atomic E-state index is 0.244. The largest absolute Gasteiger partial charge is 0.338 e. The number of rotatable bonds is 3. The van der Waals surface area contributed by atoms with Crippen molar-refractivity contribution < 1.29 is 4.79 Å². The maximum absolute atomic E-state index is 11.8. The van der Waals surface area contributed by atoms with Gasteiger partial charge in [0.2, 0.25) is 5.91 Å². The van der Waals surface area contributed by atoms with Gasteiger partial charge in [-0.2, -0.15) is 0 Å². The van der Waals surface area contributed by atoms with Crippen LogP contribution in [0.4, 0.5) is 0 Å². The van der Waals surface area contributed by atoms with Crippen molar-refractivity contribution in [1.82, 2.24) is 14.8 Å². The number of nitrogens with zero attached hydrogens (tertiary/aromatic N) is 3. The normalized spacial score (nSPS) is 27.4. The van der Waals surface area contributed by atoms with E-state index in [2.05, 4.69) is 21.7 Å². The predicted octanol–water partition coefficient (Wildman–Crippen LogP) is 2.43. The Balaban J connectivity index is 1.70. The van der Waals surface area contributed by atoms with Crippen molar-refractivity contribution in [3.63, 3.8) is 0 Å². The smallest absolute Gasteiger partial charge is 0.219 e. The van der Waals surface area contributed by atoms with Gasteiger partial charge in [-0.05, 0) is 39.2 Å². The van der Waals surface area contributed by atoms with Crippen LogP contribution in [0.3, 0.4) is 0 Å². The highest BCUT2D eigenvalue weighted by Gasteiger charge is 2.38. The van der Waals surface area contributed by atoms with E-state index in [1.165, 1.54) is 24.1 Å². The van der Waals surface area contributed by atoms with Crippen molar-refractivity contribution in [3.05, 3.63) is 16.1 Å². The van der Waals surface area contributed by atoms with E-state index in [1.807, 2.05) is 6.20 Å². The zero-order valence-corrected chi connectivity index (χ0v) is 13.2. The van der Waals surface area contributed by atoms with Crippen molar-refractivity contribution in [3.8, 4) is 0 Å². The molecule has 3 rings (SSSR count). The Hall–Kier alpha value is -0.940. The molecule has 1 aromatic rings. The summed E-state index contributed by atoms with van der Waals surface area (Å²) >= 11 is 1.79. The fraction of sp³-hybridized carbons (Fsp3) is 0.733. The van der Waals surface area contributed by atoms with Crippen LogP contribution in [-0.2, 0) is 11.3 Å². The minimum atomic E-state index is 0.244. The Morgan fingerprint density at radius 3 is 2.80 bits per heavy atom. The lowest BCUT2D eigenvalue weighted by molar-refractivity contribution is -0.130. The molecule has 2 atom stereocenters. The molecule has 0 radical (unpaired) electrons. The Labute approximate surface area is 124 Å². The lowest BCUT2D eigenvalue weighted by atomic mass is 10.0. The molecule has 1 aromatic heterocycles. The van der Waals surface area contributed by atoms with Crippen LogP contribution in [0.1, 0.15) is 42.5 Å². The Morgan fingerprint density at radius 1 is 1.35 bits per heavy atom. The Morgan fingerprint density at radius 2 is 2.10 bits per heavy atom. The molecule has 5 heteroatoms. The lowest BCUT2D eigenvalue weighted by Gasteiger charge is -2.34. The maximum Gasteiger partial charge on any atom is 0.219 e. The molecule has 20 heavy (non-hydrogen) atoms. The van der Waals surface area contributed by atoms with Crippen LogP contribution in [0.5, 0.6) is 0 Å².